The van der Waals surface area contributed by atoms with Crippen LogP contribution in [-0.4, -0.2) is 47.2 Å². The summed E-state index contributed by atoms with van der Waals surface area (Å²) in [6.45, 7) is 8.03. The van der Waals surface area contributed by atoms with E-state index in [1.807, 2.05) is 0 Å². The Morgan fingerprint density at radius 2 is 0.800 bits per heavy atom. The summed E-state index contributed by atoms with van der Waals surface area (Å²) in [5.74, 6) is 0. The molecule has 96 valence electrons. The average molecular weight is 264 g/mol. The van der Waals surface area contributed by atoms with E-state index in [-0.39, 0.29) is 34.9 Å². The molecule has 0 unspecified atom stereocenters. The molecule has 0 amide bonds. The molecule has 4 N–H and O–H groups in total. The van der Waals surface area contributed by atoms with E-state index in [0.29, 0.717) is 13.2 Å². The van der Waals surface area contributed by atoms with Crippen LogP contribution in [0, 0.1) is 0 Å². The van der Waals surface area contributed by atoms with Crippen molar-refractivity contribution >= 4 is 0 Å². The normalized spacial score (nSPS) is 6.40. The Labute approximate surface area is 107 Å². The van der Waals surface area contributed by atoms with Gasteiger partial charge in [-0.3, -0.25) is 10.5 Å². The smallest absolute Gasteiger partial charge is 0.0791 e. The maximum atomic E-state index is 7.57. The van der Waals surface area contributed by atoms with Crippen LogP contribution in [0.1, 0.15) is 27.7 Å². The van der Waals surface area contributed by atoms with Crippen molar-refractivity contribution in [2.75, 3.05) is 26.4 Å². The Morgan fingerprint density at radius 3 is 0.800 bits per heavy atom. The van der Waals surface area contributed by atoms with Crippen molar-refractivity contribution in [3.8, 4) is 0 Å². The molecule has 0 aromatic rings. The summed E-state index contributed by atoms with van der Waals surface area (Å²) in [5.41, 5.74) is 0. The molecular weight excluding hydrogens is 240 g/mol. The molecule has 0 saturated carbocycles. The maximum absolute atomic E-state index is 7.57. The second-order valence-corrected chi connectivity index (χ2v) is 1.47. The van der Waals surface area contributed by atoms with Crippen molar-refractivity contribution in [3.05, 3.63) is 0 Å². The first-order valence-corrected chi connectivity index (χ1v) is 4.40. The van der Waals surface area contributed by atoms with Gasteiger partial charge in [-0.1, -0.05) is 0 Å². The van der Waals surface area contributed by atoms with Crippen molar-refractivity contribution < 1.29 is 52.2 Å². The van der Waals surface area contributed by atoms with E-state index in [2.05, 4.69) is 9.78 Å². The van der Waals surface area contributed by atoms with Crippen LogP contribution in [0.4, 0.5) is 0 Å². The number of aliphatic hydroxyl groups excluding tert-OH is 2. The zero-order valence-electron chi connectivity index (χ0n) is 9.93. The third-order valence-electron chi connectivity index (χ3n) is 0.258. The van der Waals surface area contributed by atoms with Gasteiger partial charge in [-0.15, -0.1) is 0 Å². The predicted molar refractivity (Wildman–Crippen MR) is 54.0 cm³/mol. The SMILES string of the molecule is CCO.CCO.CCOO.CCOO.[Ti]. The molecule has 6 nitrogen and oxygen atoms in total. The van der Waals surface area contributed by atoms with E-state index in [4.69, 9.17) is 20.7 Å². The molecule has 0 aliphatic heterocycles. The first-order valence-electron chi connectivity index (χ1n) is 4.40. The summed E-state index contributed by atoms with van der Waals surface area (Å²) in [7, 11) is 0. The molecule has 0 heterocycles. The number of hydrogen-bond donors (Lipinski definition) is 4. The maximum Gasteiger partial charge on any atom is 0.0791 e. The molecular formula is C8H24O6Ti. The molecule has 0 fully saturated rings. The van der Waals surface area contributed by atoms with Crippen molar-refractivity contribution in [2.24, 2.45) is 0 Å². The quantitative estimate of drug-likeness (QED) is 0.337. The third kappa shape index (κ3) is 368. The summed E-state index contributed by atoms with van der Waals surface area (Å²) in [5, 5.41) is 29.9. The van der Waals surface area contributed by atoms with Crippen molar-refractivity contribution in [1.82, 2.24) is 0 Å². The second-order valence-electron chi connectivity index (χ2n) is 1.47. The van der Waals surface area contributed by atoms with Crippen LogP contribution in [0.15, 0.2) is 0 Å². The van der Waals surface area contributed by atoms with Crippen LogP contribution < -0.4 is 0 Å². The van der Waals surface area contributed by atoms with Crippen LogP contribution in [0.3, 0.4) is 0 Å². The molecule has 0 aliphatic rings. The first-order chi connectivity index (χ1) is 6.66. The van der Waals surface area contributed by atoms with E-state index in [1.54, 1.807) is 27.7 Å². The summed E-state index contributed by atoms with van der Waals surface area (Å²) in [6, 6.07) is 0. The third-order valence-corrected chi connectivity index (χ3v) is 0.258. The summed E-state index contributed by atoms with van der Waals surface area (Å²) >= 11 is 0. The zero-order chi connectivity index (χ0) is 12.2. The van der Waals surface area contributed by atoms with Crippen molar-refractivity contribution in [1.29, 1.82) is 0 Å². The minimum absolute atomic E-state index is 0. The first kappa shape index (κ1) is 29.5. The Kier molecular flexibility index (Phi) is 124. The van der Waals surface area contributed by atoms with Gasteiger partial charge in [-0.2, -0.15) is 0 Å². The molecule has 0 aromatic heterocycles. The molecule has 0 spiro atoms. The summed E-state index contributed by atoms with van der Waals surface area (Å²) < 4.78 is 0. The molecule has 0 aliphatic carbocycles. The van der Waals surface area contributed by atoms with Gasteiger partial charge >= 0.3 is 0 Å². The number of aliphatic hydroxyl groups is 2. The topological polar surface area (TPSA) is 99.4 Å². The van der Waals surface area contributed by atoms with Gasteiger partial charge in [-0.25, -0.2) is 9.78 Å². The van der Waals surface area contributed by atoms with E-state index in [0.717, 1.165) is 0 Å². The van der Waals surface area contributed by atoms with Gasteiger partial charge in [-0.05, 0) is 27.7 Å². The monoisotopic (exact) mass is 264 g/mol. The van der Waals surface area contributed by atoms with Gasteiger partial charge in [0.05, 0.1) is 13.2 Å². The summed E-state index contributed by atoms with van der Waals surface area (Å²) in [4.78, 5) is 7.08. The minimum atomic E-state index is 0. The molecule has 0 rings (SSSR count). The van der Waals surface area contributed by atoms with Gasteiger partial charge in [0.25, 0.3) is 0 Å². The standard InChI is InChI=1S/2C2H6O2.2C2H6O.Ti/c2*1-2-4-3;2*1-2-3;/h2*3H,2H2,1H3;2*3H,2H2,1H3;. The Balaban J connectivity index is -0.0000000293. The largest absolute Gasteiger partial charge is 0.397 e. The van der Waals surface area contributed by atoms with E-state index >= 15 is 0 Å². The number of hydrogen-bond acceptors (Lipinski definition) is 6. The van der Waals surface area contributed by atoms with Crippen LogP contribution >= 0.6 is 0 Å². The molecule has 0 aromatic carbocycles. The average Bonchev–Trinajstić information content (AvgIpc) is 2.20. The van der Waals surface area contributed by atoms with Crippen LogP contribution in [0.2, 0.25) is 0 Å². The Hall–Kier alpha value is 0.474. The molecule has 0 saturated heterocycles. The molecule has 15 heavy (non-hydrogen) atoms. The van der Waals surface area contributed by atoms with E-state index in [9.17, 15) is 0 Å². The molecule has 0 bridgehead atoms. The zero-order valence-corrected chi connectivity index (χ0v) is 11.5. The second kappa shape index (κ2) is 62.7. The van der Waals surface area contributed by atoms with Crippen LogP contribution in [0.25, 0.3) is 0 Å². The molecule has 7 heteroatoms. The van der Waals surface area contributed by atoms with Crippen molar-refractivity contribution in [3.63, 3.8) is 0 Å². The van der Waals surface area contributed by atoms with Gasteiger partial charge < -0.3 is 10.2 Å². The minimum Gasteiger partial charge on any atom is -0.397 e. The Morgan fingerprint density at radius 1 is 0.733 bits per heavy atom. The van der Waals surface area contributed by atoms with Gasteiger partial charge in [0.1, 0.15) is 0 Å². The fraction of sp³-hybridized carbons (Fsp3) is 1.00. The van der Waals surface area contributed by atoms with Gasteiger partial charge in [0, 0.05) is 34.9 Å². The summed E-state index contributed by atoms with van der Waals surface area (Å²) in [6.07, 6.45) is 0. The van der Waals surface area contributed by atoms with Crippen LogP contribution in [-0.2, 0) is 31.5 Å². The predicted octanol–water partition coefficient (Wildman–Crippen LogP) is 0.986. The Bertz CT molecular complexity index is 40.1. The van der Waals surface area contributed by atoms with Crippen molar-refractivity contribution in [2.45, 2.75) is 27.7 Å². The van der Waals surface area contributed by atoms with Gasteiger partial charge in [0.2, 0.25) is 0 Å². The van der Waals surface area contributed by atoms with Crippen LogP contribution in [0.5, 0.6) is 0 Å². The van der Waals surface area contributed by atoms with Gasteiger partial charge in [0.15, 0.2) is 0 Å². The number of rotatable bonds is 2. The van der Waals surface area contributed by atoms with E-state index < -0.39 is 0 Å². The molecule has 0 radical (unpaired) electrons. The fourth-order valence-corrected chi connectivity index (χ4v) is 0. The fourth-order valence-electron chi connectivity index (χ4n) is 0. The van der Waals surface area contributed by atoms with E-state index in [1.165, 1.54) is 0 Å². The molecule has 0 atom stereocenters.